The number of hydrogen-bond acceptors (Lipinski definition) is 23. The van der Waals surface area contributed by atoms with Gasteiger partial charge in [0.2, 0.25) is 17.7 Å². The third kappa shape index (κ3) is 11.9. The fraction of sp³-hybridized carbons (Fsp3) is 0.309. The number of pyridine rings is 1. The molecule has 1 aliphatic carbocycles. The van der Waals surface area contributed by atoms with Gasteiger partial charge in [-0.1, -0.05) is 44.2 Å². The van der Waals surface area contributed by atoms with E-state index < -0.39 is 78.1 Å². The molecule has 1 unspecified atom stereocenters. The molecule has 11 rings (SSSR count). The van der Waals surface area contributed by atoms with Crippen molar-refractivity contribution in [2.45, 2.75) is 64.4 Å². The summed E-state index contributed by atoms with van der Waals surface area (Å²) in [6.45, 7) is 4.67. The van der Waals surface area contributed by atoms with Gasteiger partial charge < -0.3 is 46.6 Å². The van der Waals surface area contributed by atoms with E-state index in [1.165, 1.54) is 53.1 Å². The van der Waals surface area contributed by atoms with Crippen LogP contribution in [-0.2, 0) is 30.5 Å². The molecule has 9 heterocycles. The number of hydrogen-bond donors (Lipinski definition) is 8. The summed E-state index contributed by atoms with van der Waals surface area (Å²) < 4.78 is 5.45. The third-order valence-corrected chi connectivity index (χ3v) is 20.0. The Hall–Kier alpha value is -8.10. The Labute approximate surface area is 507 Å². The average molecular weight is 1260 g/mol. The van der Waals surface area contributed by atoms with Gasteiger partial charge in [0.05, 0.1) is 60.6 Å². The highest BCUT2D eigenvalue weighted by molar-refractivity contribution is 7.15. The first-order chi connectivity index (χ1) is 40.9. The number of nitrogens with one attached hydrogen (secondary N) is 5. The van der Waals surface area contributed by atoms with Gasteiger partial charge in [-0.15, -0.1) is 68.0 Å². The van der Waals surface area contributed by atoms with Crippen LogP contribution < -0.4 is 31.5 Å². The number of aliphatic carboxylic acids is 1. The monoisotopic (exact) mass is 1260 g/mol. The van der Waals surface area contributed by atoms with E-state index in [1.54, 1.807) is 70.9 Å². The van der Waals surface area contributed by atoms with E-state index in [2.05, 4.69) is 36.6 Å². The van der Waals surface area contributed by atoms with Crippen molar-refractivity contribution in [3.8, 4) is 43.4 Å². The van der Waals surface area contributed by atoms with Crippen molar-refractivity contribution in [2.24, 2.45) is 17.8 Å². The predicted molar refractivity (Wildman–Crippen MR) is 318 cm³/mol. The van der Waals surface area contributed by atoms with E-state index in [4.69, 9.17) is 29.7 Å². The molecule has 1 aromatic carbocycles. The lowest BCUT2D eigenvalue weighted by Gasteiger charge is -2.42. The number of aliphatic hydroxyl groups excluding tert-OH is 2. The molecule has 438 valence electrons. The van der Waals surface area contributed by atoms with Crippen LogP contribution in [0.1, 0.15) is 113 Å². The highest BCUT2D eigenvalue weighted by Crippen LogP contribution is 2.47. The van der Waals surface area contributed by atoms with Crippen LogP contribution in [0.5, 0.6) is 0 Å². The van der Waals surface area contributed by atoms with E-state index in [9.17, 15) is 48.9 Å². The fourth-order valence-electron chi connectivity index (χ4n) is 9.84. The number of carboxylic acids is 1. The number of aryl methyl sites for hydroxylation is 1. The summed E-state index contributed by atoms with van der Waals surface area (Å²) in [5.41, 5.74) is 2.68. The van der Waals surface area contributed by atoms with Crippen LogP contribution in [0.3, 0.4) is 0 Å². The maximum absolute atomic E-state index is 14.3. The van der Waals surface area contributed by atoms with Gasteiger partial charge in [0.25, 0.3) is 17.7 Å². The molecule has 8 aromatic rings. The van der Waals surface area contributed by atoms with Gasteiger partial charge in [-0.2, -0.15) is 0 Å². The number of amides is 6. The SMILES string of the molecule is CNC(=O)C[C@@H]1NC(=O)c2csc(n2)-c2ccc(-c3nc(N4CC(O)=C5[C@H](C(=O)O)C[C@H]5C4=O)cs3)nc2-c2csc(n2)-c2csc(n2)[C@H]([C@@H](O)c2ccccc2)NC(=O)CNC(=O)c2nc(sc2COC)C(C(C)C)NC(=O)c2nc1sc2C. The second-order valence-corrected chi connectivity index (χ2v) is 26.0. The minimum Gasteiger partial charge on any atom is -0.510 e. The molecule has 7 aromatic heterocycles. The van der Waals surface area contributed by atoms with Crippen molar-refractivity contribution in [3.63, 3.8) is 0 Å². The molecule has 6 atom stereocenters. The lowest BCUT2D eigenvalue weighted by molar-refractivity contribution is -0.144. The normalized spacial score (nSPS) is 19.7. The minimum atomic E-state index is -1.29. The Morgan fingerprint density at radius 1 is 0.741 bits per heavy atom. The summed E-state index contributed by atoms with van der Waals surface area (Å²) in [7, 11) is 2.92. The molecule has 2 aliphatic heterocycles. The van der Waals surface area contributed by atoms with Gasteiger partial charge in [-0.05, 0) is 42.5 Å². The zero-order valence-corrected chi connectivity index (χ0v) is 50.5. The topological polar surface area (TPSA) is 343 Å². The summed E-state index contributed by atoms with van der Waals surface area (Å²) >= 11 is 7.05. The fourth-order valence-corrected chi connectivity index (χ4v) is 15.4. The van der Waals surface area contributed by atoms with Crippen molar-refractivity contribution in [1.29, 1.82) is 0 Å². The van der Waals surface area contributed by atoms with Crippen LogP contribution in [-0.4, -0.2) is 119 Å². The lowest BCUT2D eigenvalue weighted by Crippen LogP contribution is -2.51. The Kier molecular flexibility index (Phi) is 16.9. The third-order valence-electron chi connectivity index (χ3n) is 14.2. The summed E-state index contributed by atoms with van der Waals surface area (Å²) in [6, 6.07) is 9.33. The van der Waals surface area contributed by atoms with Crippen LogP contribution in [0.4, 0.5) is 5.82 Å². The molecular formula is C55H51N13O11S6. The van der Waals surface area contributed by atoms with Crippen molar-refractivity contribution < 1.29 is 53.6 Å². The molecule has 6 amide bonds. The highest BCUT2D eigenvalue weighted by Gasteiger charge is 2.51. The molecule has 1 saturated carbocycles. The molecule has 24 nitrogen and oxygen atoms in total. The quantitative estimate of drug-likeness (QED) is 0.0671. The predicted octanol–water partition coefficient (Wildman–Crippen LogP) is 7.19. The van der Waals surface area contributed by atoms with Crippen LogP contribution >= 0.6 is 68.0 Å². The van der Waals surface area contributed by atoms with E-state index in [1.807, 2.05) is 13.8 Å². The minimum absolute atomic E-state index is 0.00178. The van der Waals surface area contributed by atoms with Gasteiger partial charge in [0, 0.05) is 46.1 Å². The van der Waals surface area contributed by atoms with Crippen molar-refractivity contribution >= 4 is 115 Å². The van der Waals surface area contributed by atoms with Crippen molar-refractivity contribution in [3.05, 3.63) is 123 Å². The number of fused-ring (bicyclic) bond motifs is 15. The molecule has 85 heavy (non-hydrogen) atoms. The van der Waals surface area contributed by atoms with Crippen LogP contribution in [0.15, 0.2) is 75.3 Å². The second kappa shape index (κ2) is 24.5. The maximum Gasteiger partial charge on any atom is 0.310 e. The van der Waals surface area contributed by atoms with E-state index in [0.717, 1.165) is 34.0 Å². The van der Waals surface area contributed by atoms with E-state index in [-0.39, 0.29) is 77.1 Å². The number of carbonyl (C=O) groups excluding carboxylic acids is 6. The van der Waals surface area contributed by atoms with Crippen molar-refractivity contribution in [2.75, 3.05) is 32.1 Å². The zero-order chi connectivity index (χ0) is 60.0. The molecule has 30 heteroatoms. The number of carbonyl (C=O) groups is 7. The number of carboxylic acid groups (broad SMARTS) is 1. The smallest absolute Gasteiger partial charge is 0.310 e. The molecule has 0 saturated heterocycles. The molecule has 10 bridgehead atoms. The molecule has 0 radical (unpaired) electrons. The Morgan fingerprint density at radius 2 is 1.46 bits per heavy atom. The standard InChI is InChI=1S/C55H51N13O11S6/c1-22(2)39-53-67-42(34(85-53)17-79-5)46(74)57-15-37(71)64-43(44(72)24-9-7-6-8-10-24)52-62-32(20-82-52)50-60-30(18-81-50)41-25(11-12-28(58-41)49-63-35(21-83-49)68-16-33(69)38-26(54(68)76)13-27(38)55(77)78)48-61-31(19-80-48)45(73)59-29(14-36(70)56-4)51-66-40(23(3)84-51)47(75)65-39/h6-12,18-22,26-27,29,39,43-44,69,72H,13-17H2,1-5H3,(H,56,70)(H,57,74)(H,59,73)(H,64,71)(H,65,75)(H,77,78)/t26-,27-,29+,39?,43+,44+/m1/s1. The van der Waals surface area contributed by atoms with Crippen LogP contribution in [0, 0.1) is 24.7 Å². The van der Waals surface area contributed by atoms with Crippen molar-refractivity contribution in [1.82, 2.24) is 61.5 Å². The zero-order valence-electron chi connectivity index (χ0n) is 45.6. The van der Waals surface area contributed by atoms with Gasteiger partial charge in [0.1, 0.15) is 87.9 Å². The number of benzene rings is 1. The number of rotatable bonds is 10. The number of anilines is 1. The first-order valence-corrected chi connectivity index (χ1v) is 31.4. The molecular weight excluding hydrogens is 1210 g/mol. The average Bonchev–Trinajstić information content (AvgIpc) is 1.44. The van der Waals surface area contributed by atoms with E-state index >= 15 is 0 Å². The molecule has 1 fully saturated rings. The van der Waals surface area contributed by atoms with Crippen LogP contribution in [0.2, 0.25) is 0 Å². The number of aromatic nitrogens is 7. The highest BCUT2D eigenvalue weighted by atomic mass is 32.1. The molecule has 3 aliphatic rings. The number of ether oxygens (including phenoxy) is 1. The Morgan fingerprint density at radius 3 is 2.21 bits per heavy atom. The molecule has 0 spiro atoms. The number of aliphatic hydroxyl groups is 2. The Bertz CT molecular complexity index is 3980. The number of thiazole rings is 6. The number of nitrogens with zero attached hydrogens (tertiary/aromatic N) is 8. The molecule has 8 N–H and O–H groups in total. The summed E-state index contributed by atoms with van der Waals surface area (Å²) in [4.78, 5) is 131. The van der Waals surface area contributed by atoms with Gasteiger partial charge in [0.15, 0.2) is 0 Å². The Balaban J connectivity index is 0.984. The van der Waals surface area contributed by atoms with E-state index in [0.29, 0.717) is 68.7 Å². The largest absolute Gasteiger partial charge is 0.510 e. The van der Waals surface area contributed by atoms with Gasteiger partial charge in [-0.3, -0.25) is 38.5 Å². The first-order valence-electron chi connectivity index (χ1n) is 26.3. The maximum atomic E-state index is 14.3. The number of methoxy groups -OCH3 is 1. The first kappa shape index (κ1) is 58.7. The summed E-state index contributed by atoms with van der Waals surface area (Å²) in [6.07, 6.45) is -1.47. The van der Waals surface area contributed by atoms with Gasteiger partial charge >= 0.3 is 5.97 Å². The lowest BCUT2D eigenvalue weighted by atomic mass is 9.67. The van der Waals surface area contributed by atoms with Crippen LogP contribution in [0.25, 0.3) is 43.4 Å². The summed E-state index contributed by atoms with van der Waals surface area (Å²) in [5, 5.41) is 55.4. The summed E-state index contributed by atoms with van der Waals surface area (Å²) in [5.74, 6) is -6.32. The second-order valence-electron chi connectivity index (χ2n) is 20.2. The van der Waals surface area contributed by atoms with Gasteiger partial charge in [-0.25, -0.2) is 34.9 Å².